The lowest BCUT2D eigenvalue weighted by atomic mass is 10.0. The van der Waals surface area contributed by atoms with E-state index in [1.807, 2.05) is 44.2 Å². The van der Waals surface area contributed by atoms with E-state index in [2.05, 4.69) is 10.6 Å². The second-order valence-electron chi connectivity index (χ2n) is 6.55. The predicted molar refractivity (Wildman–Crippen MR) is 92.4 cm³/mol. The Morgan fingerprint density at radius 2 is 1.96 bits per heavy atom. The van der Waals surface area contributed by atoms with E-state index in [0.717, 1.165) is 5.56 Å². The Bertz CT molecular complexity index is 618. The summed E-state index contributed by atoms with van der Waals surface area (Å²) >= 11 is 0. The Balaban J connectivity index is 1.86. The fraction of sp³-hybridized carbons (Fsp3) is 0.500. The monoisotopic (exact) mass is 347 g/mol. The van der Waals surface area contributed by atoms with E-state index < -0.39 is 12.1 Å². The number of hydrogen-bond acceptors (Lipinski definition) is 4. The maximum absolute atomic E-state index is 12.4. The molecule has 7 nitrogen and oxygen atoms in total. The van der Waals surface area contributed by atoms with Gasteiger partial charge >= 0.3 is 6.03 Å². The van der Waals surface area contributed by atoms with Crippen molar-refractivity contribution >= 4 is 17.8 Å². The van der Waals surface area contributed by atoms with Crippen LogP contribution in [0.5, 0.6) is 0 Å². The molecule has 0 aromatic heterocycles. The van der Waals surface area contributed by atoms with Gasteiger partial charge in [0.15, 0.2) is 0 Å². The minimum Gasteiger partial charge on any atom is -0.394 e. The Kier molecular flexibility index (Phi) is 6.52. The van der Waals surface area contributed by atoms with Crippen LogP contribution in [0.1, 0.15) is 32.3 Å². The number of carbonyl (C=O) groups excluding carboxylic acids is 3. The molecule has 0 bridgehead atoms. The summed E-state index contributed by atoms with van der Waals surface area (Å²) in [5.74, 6) is -0.441. The molecule has 0 saturated carbocycles. The molecule has 25 heavy (non-hydrogen) atoms. The quantitative estimate of drug-likeness (QED) is 0.612. The molecule has 1 unspecified atom stereocenters. The number of rotatable bonds is 8. The van der Waals surface area contributed by atoms with Crippen LogP contribution in [-0.4, -0.2) is 46.5 Å². The zero-order chi connectivity index (χ0) is 18.4. The van der Waals surface area contributed by atoms with Gasteiger partial charge in [-0.2, -0.15) is 0 Å². The van der Waals surface area contributed by atoms with E-state index in [1.54, 1.807) is 0 Å². The van der Waals surface area contributed by atoms with Gasteiger partial charge in [0, 0.05) is 6.42 Å². The van der Waals surface area contributed by atoms with Gasteiger partial charge in [0.1, 0.15) is 6.04 Å². The van der Waals surface area contributed by atoms with Crippen molar-refractivity contribution in [3.63, 3.8) is 0 Å². The van der Waals surface area contributed by atoms with Gasteiger partial charge in [-0.25, -0.2) is 4.79 Å². The van der Waals surface area contributed by atoms with Gasteiger partial charge in [0.05, 0.1) is 19.2 Å². The number of benzene rings is 1. The summed E-state index contributed by atoms with van der Waals surface area (Å²) in [4.78, 5) is 37.6. The number of nitrogens with zero attached hydrogens (tertiary/aromatic N) is 1. The maximum atomic E-state index is 12.4. The van der Waals surface area contributed by atoms with E-state index in [9.17, 15) is 19.5 Å². The van der Waals surface area contributed by atoms with E-state index in [-0.39, 0.29) is 49.8 Å². The van der Waals surface area contributed by atoms with Crippen LogP contribution < -0.4 is 10.6 Å². The number of imide groups is 1. The van der Waals surface area contributed by atoms with Crippen LogP contribution in [0.3, 0.4) is 0 Å². The van der Waals surface area contributed by atoms with Gasteiger partial charge in [0.2, 0.25) is 5.91 Å². The van der Waals surface area contributed by atoms with Crippen molar-refractivity contribution in [2.45, 2.75) is 45.3 Å². The standard InChI is InChI=1S/C18H25N3O4/c1-12(2)15(11-22)19-16(23)9-8-14-17(24)21(18(25)20-14)10-13-6-4-3-5-7-13/h3-7,12,14-15,22H,8-11H2,1-2H3,(H,19,23)(H,20,25)/t14?,15-/m1/s1. The van der Waals surface area contributed by atoms with Crippen molar-refractivity contribution < 1.29 is 19.5 Å². The average molecular weight is 347 g/mol. The third-order valence-corrected chi connectivity index (χ3v) is 4.30. The molecular formula is C18H25N3O4. The van der Waals surface area contributed by atoms with Gasteiger partial charge in [-0.3, -0.25) is 14.5 Å². The van der Waals surface area contributed by atoms with Gasteiger partial charge in [-0.15, -0.1) is 0 Å². The normalized spacial score (nSPS) is 18.4. The highest BCUT2D eigenvalue weighted by molar-refractivity contribution is 6.04. The Hall–Kier alpha value is -2.41. The first-order chi connectivity index (χ1) is 11.9. The Morgan fingerprint density at radius 3 is 2.56 bits per heavy atom. The van der Waals surface area contributed by atoms with Crippen molar-refractivity contribution in [1.29, 1.82) is 0 Å². The lowest BCUT2D eigenvalue weighted by Crippen LogP contribution is -2.42. The van der Waals surface area contributed by atoms with E-state index in [1.165, 1.54) is 4.90 Å². The highest BCUT2D eigenvalue weighted by Gasteiger charge is 2.37. The summed E-state index contributed by atoms with van der Waals surface area (Å²) in [5.41, 5.74) is 0.868. The van der Waals surface area contributed by atoms with Gasteiger partial charge in [-0.1, -0.05) is 44.2 Å². The number of urea groups is 1. The first kappa shape index (κ1) is 18.9. The summed E-state index contributed by atoms with van der Waals surface area (Å²) < 4.78 is 0. The van der Waals surface area contributed by atoms with Gasteiger partial charge < -0.3 is 15.7 Å². The topological polar surface area (TPSA) is 98.7 Å². The number of amides is 4. The van der Waals surface area contributed by atoms with Crippen LogP contribution in [0.4, 0.5) is 4.79 Å². The van der Waals surface area contributed by atoms with Crippen molar-refractivity contribution in [2.75, 3.05) is 6.61 Å². The number of nitrogens with one attached hydrogen (secondary N) is 2. The molecule has 2 atom stereocenters. The highest BCUT2D eigenvalue weighted by Crippen LogP contribution is 2.15. The van der Waals surface area contributed by atoms with Crippen molar-refractivity contribution in [1.82, 2.24) is 15.5 Å². The maximum Gasteiger partial charge on any atom is 0.325 e. The molecule has 1 aromatic rings. The van der Waals surface area contributed by atoms with Crippen molar-refractivity contribution in [2.24, 2.45) is 5.92 Å². The molecule has 0 radical (unpaired) electrons. The fourth-order valence-corrected chi connectivity index (χ4v) is 2.67. The molecule has 1 aromatic carbocycles. The lowest BCUT2D eigenvalue weighted by Gasteiger charge is -2.20. The lowest BCUT2D eigenvalue weighted by molar-refractivity contribution is -0.128. The second kappa shape index (κ2) is 8.62. The van der Waals surface area contributed by atoms with Gasteiger partial charge in [0.25, 0.3) is 5.91 Å². The third kappa shape index (κ3) is 5.03. The fourth-order valence-electron chi connectivity index (χ4n) is 2.67. The number of aliphatic hydroxyl groups is 1. The van der Waals surface area contributed by atoms with Crippen LogP contribution >= 0.6 is 0 Å². The molecule has 2 rings (SSSR count). The van der Waals surface area contributed by atoms with Crippen LogP contribution in [0, 0.1) is 5.92 Å². The predicted octanol–water partition coefficient (Wildman–Crippen LogP) is 1.02. The summed E-state index contributed by atoms with van der Waals surface area (Å²) in [6, 6.07) is 7.83. The highest BCUT2D eigenvalue weighted by atomic mass is 16.3. The molecular weight excluding hydrogens is 322 g/mol. The Morgan fingerprint density at radius 1 is 1.28 bits per heavy atom. The van der Waals surface area contributed by atoms with Crippen LogP contribution in [-0.2, 0) is 16.1 Å². The molecule has 1 fully saturated rings. The minimum absolute atomic E-state index is 0.110. The number of hydrogen-bond donors (Lipinski definition) is 3. The smallest absolute Gasteiger partial charge is 0.325 e. The number of aliphatic hydroxyl groups excluding tert-OH is 1. The molecule has 1 heterocycles. The SMILES string of the molecule is CC(C)[C@@H](CO)NC(=O)CCC1NC(=O)N(Cc2ccccc2)C1=O. The molecule has 0 aliphatic carbocycles. The molecule has 7 heteroatoms. The van der Waals surface area contributed by atoms with E-state index >= 15 is 0 Å². The summed E-state index contributed by atoms with van der Waals surface area (Å²) in [6.45, 7) is 3.90. The molecule has 1 saturated heterocycles. The zero-order valence-corrected chi connectivity index (χ0v) is 14.6. The molecule has 0 spiro atoms. The summed E-state index contributed by atoms with van der Waals surface area (Å²) in [5, 5.41) is 14.6. The second-order valence-corrected chi connectivity index (χ2v) is 6.55. The molecule has 4 amide bonds. The van der Waals surface area contributed by atoms with Crippen molar-refractivity contribution in [3.05, 3.63) is 35.9 Å². The van der Waals surface area contributed by atoms with Crippen LogP contribution in [0.25, 0.3) is 0 Å². The summed E-state index contributed by atoms with van der Waals surface area (Å²) in [7, 11) is 0. The average Bonchev–Trinajstić information content (AvgIpc) is 2.86. The zero-order valence-electron chi connectivity index (χ0n) is 14.6. The van der Waals surface area contributed by atoms with E-state index in [4.69, 9.17) is 0 Å². The van der Waals surface area contributed by atoms with Crippen LogP contribution in [0.2, 0.25) is 0 Å². The van der Waals surface area contributed by atoms with Crippen LogP contribution in [0.15, 0.2) is 30.3 Å². The third-order valence-electron chi connectivity index (χ3n) is 4.30. The number of carbonyl (C=O) groups is 3. The molecule has 1 aliphatic heterocycles. The first-order valence-corrected chi connectivity index (χ1v) is 8.48. The minimum atomic E-state index is -0.686. The van der Waals surface area contributed by atoms with E-state index in [0.29, 0.717) is 0 Å². The Labute approximate surface area is 147 Å². The summed E-state index contributed by atoms with van der Waals surface area (Å²) in [6.07, 6.45) is 0.344. The first-order valence-electron chi connectivity index (χ1n) is 8.48. The molecule has 1 aliphatic rings. The molecule has 3 N–H and O–H groups in total. The van der Waals surface area contributed by atoms with Crippen molar-refractivity contribution in [3.8, 4) is 0 Å². The largest absolute Gasteiger partial charge is 0.394 e. The van der Waals surface area contributed by atoms with Gasteiger partial charge in [-0.05, 0) is 17.9 Å². The molecule has 136 valence electrons.